The highest BCUT2D eigenvalue weighted by Crippen LogP contribution is 2.30. The molecule has 3 aromatic rings. The molecule has 1 amide bonds. The highest BCUT2D eigenvalue weighted by atomic mass is 32.2. The largest absolute Gasteiger partial charge is 0.312 e. The van der Waals surface area contributed by atoms with E-state index in [1.54, 1.807) is 47.8 Å². The Morgan fingerprint density at radius 1 is 1.10 bits per heavy atom. The van der Waals surface area contributed by atoms with Crippen molar-refractivity contribution in [3.8, 4) is 5.69 Å². The molecule has 31 heavy (non-hydrogen) atoms. The van der Waals surface area contributed by atoms with E-state index in [4.69, 9.17) is 0 Å². The summed E-state index contributed by atoms with van der Waals surface area (Å²) in [4.78, 5) is 26.6. The van der Waals surface area contributed by atoms with E-state index in [1.165, 1.54) is 17.7 Å². The third-order valence-electron chi connectivity index (χ3n) is 5.65. The number of rotatable bonds is 4. The number of benzene rings is 2. The highest BCUT2D eigenvalue weighted by molar-refractivity contribution is 7.92. The number of fused-ring (bicyclic) bond motifs is 1. The molecule has 0 radical (unpaired) electrons. The third kappa shape index (κ3) is 3.65. The molecule has 0 unspecified atom stereocenters. The van der Waals surface area contributed by atoms with Gasteiger partial charge in [0.25, 0.3) is 15.6 Å². The predicted molar refractivity (Wildman–Crippen MR) is 119 cm³/mol. The molecule has 0 spiro atoms. The Morgan fingerprint density at radius 2 is 1.81 bits per heavy atom. The summed E-state index contributed by atoms with van der Waals surface area (Å²) in [7, 11) is -2.29. The number of hydrogen-bond acceptors (Lipinski definition) is 4. The van der Waals surface area contributed by atoms with Gasteiger partial charge in [0.2, 0.25) is 5.91 Å². The number of nitrogens with one attached hydrogen (secondary N) is 1. The topological polar surface area (TPSA) is 93.4 Å². The number of anilines is 2. The molecule has 1 aliphatic heterocycles. The first-order valence-electron chi connectivity index (χ1n) is 9.98. The number of sulfonamides is 1. The lowest BCUT2D eigenvalue weighted by molar-refractivity contribution is -0.116. The van der Waals surface area contributed by atoms with Crippen LogP contribution in [0.1, 0.15) is 24.6 Å². The number of carbonyl (C=O) groups excluding carboxylic acids is 1. The SMILES string of the molecule is CC(=O)N1CCCc2cc(S(=O)(=O)Nc3c(C)n(C)n(-c4ccccc4)c3=O)ccc21. The van der Waals surface area contributed by atoms with Crippen LogP contribution in [0.25, 0.3) is 5.69 Å². The summed E-state index contributed by atoms with van der Waals surface area (Å²) >= 11 is 0. The van der Waals surface area contributed by atoms with E-state index in [1.807, 2.05) is 18.2 Å². The monoisotopic (exact) mass is 440 g/mol. The lowest BCUT2D eigenvalue weighted by Crippen LogP contribution is -2.33. The number of carbonyl (C=O) groups is 1. The number of aromatic nitrogens is 2. The molecule has 0 bridgehead atoms. The Bertz CT molecular complexity index is 1320. The second-order valence-electron chi connectivity index (χ2n) is 7.61. The van der Waals surface area contributed by atoms with Crippen LogP contribution in [0.5, 0.6) is 0 Å². The van der Waals surface area contributed by atoms with Crippen LogP contribution in [0.15, 0.2) is 58.2 Å². The van der Waals surface area contributed by atoms with Gasteiger partial charge in [-0.2, -0.15) is 0 Å². The average molecular weight is 441 g/mol. The van der Waals surface area contributed by atoms with Crippen molar-refractivity contribution in [1.29, 1.82) is 0 Å². The summed E-state index contributed by atoms with van der Waals surface area (Å²) in [5, 5.41) is 0. The third-order valence-corrected chi connectivity index (χ3v) is 7.00. The van der Waals surface area contributed by atoms with Gasteiger partial charge in [-0.25, -0.2) is 13.1 Å². The minimum atomic E-state index is -4.00. The molecule has 0 saturated heterocycles. The van der Waals surface area contributed by atoms with E-state index in [2.05, 4.69) is 4.72 Å². The van der Waals surface area contributed by atoms with Gasteiger partial charge in [0.15, 0.2) is 0 Å². The van der Waals surface area contributed by atoms with Crippen molar-refractivity contribution in [3.05, 3.63) is 70.1 Å². The van der Waals surface area contributed by atoms with E-state index in [-0.39, 0.29) is 16.5 Å². The first-order valence-corrected chi connectivity index (χ1v) is 11.5. The van der Waals surface area contributed by atoms with Gasteiger partial charge in [-0.3, -0.25) is 19.0 Å². The zero-order valence-corrected chi connectivity index (χ0v) is 18.4. The second-order valence-corrected chi connectivity index (χ2v) is 9.29. The lowest BCUT2D eigenvalue weighted by atomic mass is 10.0. The predicted octanol–water partition coefficient (Wildman–Crippen LogP) is 2.58. The molecule has 0 saturated carbocycles. The maximum atomic E-state index is 13.1. The molecule has 9 heteroatoms. The lowest BCUT2D eigenvalue weighted by Gasteiger charge is -2.28. The molecule has 4 rings (SSSR count). The standard InChI is InChI=1S/C22H24N4O4S/c1-15-21(22(28)26(24(15)3)18-9-5-4-6-10-18)23-31(29,30)19-11-12-20-17(14-19)8-7-13-25(20)16(2)27/h4-6,9-12,14,23H,7-8,13H2,1-3H3. The Kier molecular flexibility index (Phi) is 5.22. The van der Waals surface area contributed by atoms with Gasteiger partial charge in [-0.05, 0) is 55.7 Å². The molecule has 0 fully saturated rings. The number of para-hydroxylation sites is 1. The first-order chi connectivity index (χ1) is 14.7. The highest BCUT2D eigenvalue weighted by Gasteiger charge is 2.25. The van der Waals surface area contributed by atoms with Crippen molar-refractivity contribution < 1.29 is 13.2 Å². The molecular formula is C22H24N4O4S. The van der Waals surface area contributed by atoms with Crippen LogP contribution >= 0.6 is 0 Å². The summed E-state index contributed by atoms with van der Waals surface area (Å²) in [6, 6.07) is 13.7. The number of aryl methyl sites for hydroxylation is 1. The van der Waals surface area contributed by atoms with Crippen molar-refractivity contribution in [2.75, 3.05) is 16.2 Å². The van der Waals surface area contributed by atoms with Gasteiger partial charge >= 0.3 is 0 Å². The van der Waals surface area contributed by atoms with E-state index < -0.39 is 15.6 Å². The Morgan fingerprint density at radius 3 is 2.48 bits per heavy atom. The summed E-state index contributed by atoms with van der Waals surface area (Å²) in [6.07, 6.45) is 1.46. The number of hydrogen-bond donors (Lipinski definition) is 1. The second kappa shape index (κ2) is 7.73. The van der Waals surface area contributed by atoms with E-state index >= 15 is 0 Å². The van der Waals surface area contributed by atoms with Crippen LogP contribution in [-0.2, 0) is 28.3 Å². The van der Waals surface area contributed by atoms with Gasteiger partial charge < -0.3 is 4.90 Å². The van der Waals surface area contributed by atoms with Crippen molar-refractivity contribution >= 4 is 27.3 Å². The Hall–Kier alpha value is -3.33. The number of amides is 1. The molecule has 8 nitrogen and oxygen atoms in total. The van der Waals surface area contributed by atoms with Crippen molar-refractivity contribution in [3.63, 3.8) is 0 Å². The van der Waals surface area contributed by atoms with Gasteiger partial charge in [-0.15, -0.1) is 0 Å². The van der Waals surface area contributed by atoms with E-state index in [0.29, 0.717) is 24.3 Å². The molecule has 0 atom stereocenters. The molecule has 2 heterocycles. The summed E-state index contributed by atoms with van der Waals surface area (Å²) in [5.74, 6) is -0.0731. The minimum absolute atomic E-state index is 0.00874. The van der Waals surface area contributed by atoms with Crippen LogP contribution < -0.4 is 15.2 Å². The minimum Gasteiger partial charge on any atom is -0.312 e. The van der Waals surface area contributed by atoms with Gasteiger partial charge in [0, 0.05) is 26.2 Å². The summed E-state index contributed by atoms with van der Waals surface area (Å²) in [5.41, 5.74) is 2.24. The quantitative estimate of drug-likeness (QED) is 0.675. The van der Waals surface area contributed by atoms with Gasteiger partial charge in [0.1, 0.15) is 5.69 Å². The molecule has 162 valence electrons. The fourth-order valence-electron chi connectivity index (χ4n) is 3.95. The maximum Gasteiger partial charge on any atom is 0.296 e. The van der Waals surface area contributed by atoms with Gasteiger partial charge in [-0.1, -0.05) is 18.2 Å². The fraction of sp³-hybridized carbons (Fsp3) is 0.273. The Labute approximate surface area is 180 Å². The smallest absolute Gasteiger partial charge is 0.296 e. The van der Waals surface area contributed by atoms with Crippen molar-refractivity contribution in [1.82, 2.24) is 9.36 Å². The van der Waals surface area contributed by atoms with Crippen molar-refractivity contribution in [2.45, 2.75) is 31.6 Å². The maximum absolute atomic E-state index is 13.1. The normalized spacial score (nSPS) is 13.7. The average Bonchev–Trinajstić information content (AvgIpc) is 2.96. The van der Waals surface area contributed by atoms with Crippen LogP contribution in [0.4, 0.5) is 11.4 Å². The zero-order valence-electron chi connectivity index (χ0n) is 17.6. The molecule has 1 aromatic heterocycles. The van der Waals surface area contributed by atoms with Crippen molar-refractivity contribution in [2.24, 2.45) is 7.05 Å². The molecule has 0 aliphatic carbocycles. The summed E-state index contributed by atoms with van der Waals surface area (Å²) in [6.45, 7) is 3.81. The van der Waals surface area contributed by atoms with E-state index in [9.17, 15) is 18.0 Å². The van der Waals surface area contributed by atoms with E-state index in [0.717, 1.165) is 17.7 Å². The zero-order chi connectivity index (χ0) is 22.3. The van der Waals surface area contributed by atoms with Crippen LogP contribution in [-0.4, -0.2) is 30.2 Å². The molecule has 1 aliphatic rings. The summed E-state index contributed by atoms with van der Waals surface area (Å²) < 4.78 is 31.8. The van der Waals surface area contributed by atoms with Crippen LogP contribution in [0.3, 0.4) is 0 Å². The Balaban J connectivity index is 1.72. The number of nitrogens with zero attached hydrogens (tertiary/aromatic N) is 3. The molecular weight excluding hydrogens is 416 g/mol. The van der Waals surface area contributed by atoms with Crippen LogP contribution in [0.2, 0.25) is 0 Å². The first kappa shape index (κ1) is 20.9. The van der Waals surface area contributed by atoms with Gasteiger partial charge in [0.05, 0.1) is 16.3 Å². The molecule has 1 N–H and O–H groups in total. The van der Waals surface area contributed by atoms with Crippen LogP contribution in [0, 0.1) is 6.92 Å². The fourth-order valence-corrected chi connectivity index (χ4v) is 5.11. The molecule has 2 aromatic carbocycles.